The molecule has 1 atom stereocenters. The minimum atomic E-state index is -3.26. The molecule has 29 heavy (non-hydrogen) atoms. The molecule has 1 fully saturated rings. The van der Waals surface area contributed by atoms with Gasteiger partial charge in [0.15, 0.2) is 5.78 Å². The van der Waals surface area contributed by atoms with E-state index in [1.807, 2.05) is 59.5 Å². The molecule has 0 amide bonds. The molecular weight excluding hydrogens is 386 g/mol. The predicted octanol–water partition coefficient (Wildman–Crippen LogP) is 3.03. The van der Waals surface area contributed by atoms with Gasteiger partial charge in [0.1, 0.15) is 0 Å². The van der Waals surface area contributed by atoms with Crippen molar-refractivity contribution in [2.24, 2.45) is 0 Å². The number of benzene rings is 2. The Morgan fingerprint density at radius 3 is 2.62 bits per heavy atom. The molecule has 4 rings (SSSR count). The zero-order valence-corrected chi connectivity index (χ0v) is 17.2. The van der Waals surface area contributed by atoms with Crippen molar-refractivity contribution in [3.63, 3.8) is 0 Å². The van der Waals surface area contributed by atoms with Crippen LogP contribution < -0.4 is 4.72 Å². The molecule has 0 saturated carbocycles. The second kappa shape index (κ2) is 8.10. The lowest BCUT2D eigenvalue weighted by atomic mass is 10.00. The van der Waals surface area contributed by atoms with E-state index in [4.69, 9.17) is 0 Å². The number of piperidine rings is 1. The summed E-state index contributed by atoms with van der Waals surface area (Å²) < 4.78 is 25.8. The standard InChI is InChI=1S/C22H25N3O3S/c1-29(27,28)24-17-10-7-13-25(14-17)15-20(26)21-18-11-5-6-12-19(18)23-22(21)16-8-3-2-4-9-16/h2-6,8-9,11-12,17,23-24H,7,10,13-15H2,1H3. The topological polar surface area (TPSA) is 82.3 Å². The molecule has 3 aromatic rings. The lowest BCUT2D eigenvalue weighted by Crippen LogP contribution is -2.48. The molecule has 0 aliphatic carbocycles. The van der Waals surface area contributed by atoms with Gasteiger partial charge in [-0.25, -0.2) is 13.1 Å². The number of ketones is 1. The largest absolute Gasteiger partial charge is 0.354 e. The molecular formula is C22H25N3O3S. The maximum atomic E-state index is 13.4. The third-order valence-corrected chi connectivity index (χ3v) is 6.06. The van der Waals surface area contributed by atoms with Crippen LogP contribution in [0.3, 0.4) is 0 Å². The van der Waals surface area contributed by atoms with Crippen LogP contribution in [0, 0.1) is 0 Å². The number of aromatic amines is 1. The normalized spacial score (nSPS) is 18.2. The van der Waals surface area contributed by atoms with Crippen molar-refractivity contribution in [1.82, 2.24) is 14.6 Å². The summed E-state index contributed by atoms with van der Waals surface area (Å²) in [4.78, 5) is 18.8. The first-order valence-electron chi connectivity index (χ1n) is 9.80. The van der Waals surface area contributed by atoms with Crippen molar-refractivity contribution in [3.8, 4) is 11.3 Å². The number of nitrogens with zero attached hydrogens (tertiary/aromatic N) is 1. The number of para-hydroxylation sites is 1. The van der Waals surface area contributed by atoms with Gasteiger partial charge in [-0.1, -0.05) is 48.5 Å². The molecule has 2 aromatic carbocycles. The van der Waals surface area contributed by atoms with Crippen LogP contribution in [0.2, 0.25) is 0 Å². The van der Waals surface area contributed by atoms with Gasteiger partial charge in [-0.2, -0.15) is 0 Å². The second-order valence-corrected chi connectivity index (χ2v) is 9.45. The number of fused-ring (bicyclic) bond motifs is 1. The van der Waals surface area contributed by atoms with Crippen molar-refractivity contribution in [2.75, 3.05) is 25.9 Å². The summed E-state index contributed by atoms with van der Waals surface area (Å²) in [5.74, 6) is 0.0429. The van der Waals surface area contributed by atoms with E-state index < -0.39 is 10.0 Å². The van der Waals surface area contributed by atoms with Gasteiger partial charge in [0.2, 0.25) is 10.0 Å². The monoisotopic (exact) mass is 411 g/mol. The number of rotatable bonds is 6. The summed E-state index contributed by atoms with van der Waals surface area (Å²) in [6.45, 7) is 1.60. The molecule has 152 valence electrons. The van der Waals surface area contributed by atoms with E-state index in [2.05, 4.69) is 9.71 Å². The first-order chi connectivity index (χ1) is 13.9. The van der Waals surface area contributed by atoms with E-state index in [1.54, 1.807) is 0 Å². The van der Waals surface area contributed by atoms with Crippen LogP contribution in [0.25, 0.3) is 22.2 Å². The average molecular weight is 412 g/mol. The van der Waals surface area contributed by atoms with Gasteiger partial charge in [-0.05, 0) is 31.0 Å². The number of carbonyl (C=O) groups excluding carboxylic acids is 1. The second-order valence-electron chi connectivity index (χ2n) is 7.67. The van der Waals surface area contributed by atoms with Gasteiger partial charge in [0.25, 0.3) is 0 Å². The summed E-state index contributed by atoms with van der Waals surface area (Å²) in [7, 11) is -3.26. The molecule has 1 unspecified atom stereocenters. The van der Waals surface area contributed by atoms with E-state index in [-0.39, 0.29) is 18.4 Å². The molecule has 6 nitrogen and oxygen atoms in total. The van der Waals surface area contributed by atoms with Gasteiger partial charge < -0.3 is 4.98 Å². The Bertz CT molecular complexity index is 1120. The number of likely N-dealkylation sites (tertiary alicyclic amines) is 1. The Kier molecular flexibility index (Phi) is 5.54. The highest BCUT2D eigenvalue weighted by Gasteiger charge is 2.26. The van der Waals surface area contributed by atoms with E-state index in [0.29, 0.717) is 12.1 Å². The van der Waals surface area contributed by atoms with Gasteiger partial charge in [0, 0.05) is 23.5 Å². The van der Waals surface area contributed by atoms with Gasteiger partial charge in [-0.15, -0.1) is 0 Å². The summed E-state index contributed by atoms with van der Waals surface area (Å²) in [5, 5.41) is 0.916. The van der Waals surface area contributed by atoms with Crippen LogP contribution in [0.5, 0.6) is 0 Å². The number of aromatic nitrogens is 1. The molecule has 0 radical (unpaired) electrons. The number of hydrogen-bond acceptors (Lipinski definition) is 4. The summed E-state index contributed by atoms with van der Waals surface area (Å²) in [6.07, 6.45) is 2.83. The van der Waals surface area contributed by atoms with Crippen LogP contribution in [0.4, 0.5) is 0 Å². The average Bonchev–Trinajstić information content (AvgIpc) is 3.07. The molecule has 1 aliphatic rings. The summed E-state index contributed by atoms with van der Waals surface area (Å²) >= 11 is 0. The van der Waals surface area contributed by atoms with Gasteiger partial charge in [-0.3, -0.25) is 9.69 Å². The van der Waals surface area contributed by atoms with Crippen molar-refractivity contribution < 1.29 is 13.2 Å². The van der Waals surface area contributed by atoms with Crippen LogP contribution in [0.1, 0.15) is 23.2 Å². The molecule has 1 aliphatic heterocycles. The number of sulfonamides is 1. The van der Waals surface area contributed by atoms with Crippen LogP contribution >= 0.6 is 0 Å². The Labute approximate surface area is 171 Å². The Hall–Kier alpha value is -2.48. The zero-order valence-electron chi connectivity index (χ0n) is 16.4. The van der Waals surface area contributed by atoms with Crippen LogP contribution in [0.15, 0.2) is 54.6 Å². The quantitative estimate of drug-likeness (QED) is 0.611. The number of hydrogen-bond donors (Lipinski definition) is 2. The summed E-state index contributed by atoms with van der Waals surface area (Å²) in [6, 6.07) is 17.5. The van der Waals surface area contributed by atoms with E-state index in [0.717, 1.165) is 41.5 Å². The van der Waals surface area contributed by atoms with Gasteiger partial charge in [0.05, 0.1) is 24.1 Å². The lowest BCUT2D eigenvalue weighted by molar-refractivity contribution is 0.0907. The molecule has 2 heterocycles. The smallest absolute Gasteiger partial charge is 0.208 e. The fraction of sp³-hybridized carbons (Fsp3) is 0.318. The Balaban J connectivity index is 1.62. The summed E-state index contributed by atoms with van der Waals surface area (Å²) in [5.41, 5.74) is 3.44. The van der Waals surface area contributed by atoms with Crippen molar-refractivity contribution in [1.29, 1.82) is 0 Å². The van der Waals surface area contributed by atoms with E-state index >= 15 is 0 Å². The number of nitrogens with one attached hydrogen (secondary N) is 2. The van der Waals surface area contributed by atoms with Crippen molar-refractivity contribution in [3.05, 3.63) is 60.2 Å². The maximum absolute atomic E-state index is 13.4. The number of H-pyrrole nitrogens is 1. The van der Waals surface area contributed by atoms with Crippen molar-refractivity contribution in [2.45, 2.75) is 18.9 Å². The maximum Gasteiger partial charge on any atom is 0.208 e. The molecule has 7 heteroatoms. The highest BCUT2D eigenvalue weighted by atomic mass is 32.2. The third kappa shape index (κ3) is 4.58. The first-order valence-corrected chi connectivity index (χ1v) is 11.7. The third-order valence-electron chi connectivity index (χ3n) is 5.30. The fourth-order valence-electron chi connectivity index (χ4n) is 4.13. The Morgan fingerprint density at radius 2 is 1.86 bits per heavy atom. The van der Waals surface area contributed by atoms with Crippen molar-refractivity contribution >= 4 is 26.7 Å². The van der Waals surface area contributed by atoms with E-state index in [1.165, 1.54) is 6.26 Å². The number of Topliss-reactive ketones (excluding diaryl/α,β-unsaturated/α-hetero) is 1. The fourth-order valence-corrected chi connectivity index (χ4v) is 4.93. The van der Waals surface area contributed by atoms with Crippen LogP contribution in [-0.2, 0) is 10.0 Å². The number of carbonyl (C=O) groups is 1. The predicted molar refractivity (Wildman–Crippen MR) is 116 cm³/mol. The molecule has 1 aromatic heterocycles. The Morgan fingerprint density at radius 1 is 1.14 bits per heavy atom. The van der Waals surface area contributed by atoms with E-state index in [9.17, 15) is 13.2 Å². The SMILES string of the molecule is CS(=O)(=O)NC1CCCN(CC(=O)c2c(-c3ccccc3)[nH]c3ccccc23)C1. The molecule has 1 saturated heterocycles. The van der Waals surface area contributed by atoms with Gasteiger partial charge >= 0.3 is 0 Å². The first kappa shape index (κ1) is 19.8. The highest BCUT2D eigenvalue weighted by molar-refractivity contribution is 7.88. The van der Waals surface area contributed by atoms with Crippen LogP contribution in [-0.4, -0.2) is 56.0 Å². The lowest BCUT2D eigenvalue weighted by Gasteiger charge is -2.32. The molecule has 0 bridgehead atoms. The molecule has 0 spiro atoms. The minimum Gasteiger partial charge on any atom is -0.354 e. The minimum absolute atomic E-state index is 0.0429. The molecule has 2 N–H and O–H groups in total. The zero-order chi connectivity index (χ0) is 20.4. The highest BCUT2D eigenvalue weighted by Crippen LogP contribution is 2.31.